The lowest BCUT2D eigenvalue weighted by molar-refractivity contribution is -0.385. The number of halogens is 2. The van der Waals surface area contributed by atoms with Crippen molar-refractivity contribution in [2.75, 3.05) is 11.5 Å². The van der Waals surface area contributed by atoms with Crippen molar-refractivity contribution in [2.45, 2.75) is 6.42 Å². The number of hydrogen-bond acceptors (Lipinski definition) is 6. The average molecular weight is 314 g/mol. The second-order valence-electron chi connectivity index (χ2n) is 3.93. The lowest BCUT2D eigenvalue weighted by Crippen LogP contribution is -2.09. The Labute approximate surface area is 123 Å². The molecule has 1 aromatic carbocycles. The molecule has 7 nitrogen and oxygen atoms in total. The first-order chi connectivity index (χ1) is 9.38. The Bertz CT molecular complexity index is 693. The second kappa shape index (κ2) is 5.48. The van der Waals surface area contributed by atoms with Crippen LogP contribution < -0.4 is 11.5 Å². The van der Waals surface area contributed by atoms with E-state index >= 15 is 0 Å². The van der Waals surface area contributed by atoms with Crippen LogP contribution >= 0.6 is 23.2 Å². The van der Waals surface area contributed by atoms with Crippen molar-refractivity contribution in [2.24, 2.45) is 0 Å². The molecule has 9 heteroatoms. The Kier molecular flexibility index (Phi) is 3.91. The SMILES string of the molecule is Nc1nc(N)c([N+](=O)[O-])c(Cc2cc(Cl)ccc2Cl)n1. The molecule has 2 rings (SSSR count). The van der Waals surface area contributed by atoms with E-state index in [0.717, 1.165) is 0 Å². The minimum absolute atomic E-state index is 0.0760. The molecule has 0 bridgehead atoms. The van der Waals surface area contributed by atoms with E-state index in [2.05, 4.69) is 9.97 Å². The number of hydrogen-bond donors (Lipinski definition) is 2. The molecule has 1 aromatic heterocycles. The number of rotatable bonds is 3. The number of nitrogens with zero attached hydrogens (tertiary/aromatic N) is 3. The van der Waals surface area contributed by atoms with Gasteiger partial charge in [0.25, 0.3) is 0 Å². The van der Waals surface area contributed by atoms with Crippen LogP contribution in [0.25, 0.3) is 0 Å². The van der Waals surface area contributed by atoms with Crippen LogP contribution in [0.1, 0.15) is 11.3 Å². The molecule has 20 heavy (non-hydrogen) atoms. The third-order valence-corrected chi connectivity index (χ3v) is 3.15. The molecule has 0 atom stereocenters. The highest BCUT2D eigenvalue weighted by Crippen LogP contribution is 2.29. The van der Waals surface area contributed by atoms with Gasteiger partial charge in [0.15, 0.2) is 0 Å². The highest BCUT2D eigenvalue weighted by atomic mass is 35.5. The van der Waals surface area contributed by atoms with Crippen LogP contribution in [-0.2, 0) is 6.42 Å². The number of anilines is 2. The van der Waals surface area contributed by atoms with Crippen molar-refractivity contribution >= 4 is 40.7 Å². The summed E-state index contributed by atoms with van der Waals surface area (Å²) in [4.78, 5) is 17.8. The lowest BCUT2D eigenvalue weighted by atomic mass is 10.1. The molecule has 104 valence electrons. The summed E-state index contributed by atoms with van der Waals surface area (Å²) < 4.78 is 0. The smallest absolute Gasteiger partial charge is 0.332 e. The molecule has 0 radical (unpaired) electrons. The van der Waals surface area contributed by atoms with E-state index < -0.39 is 4.92 Å². The summed E-state index contributed by atoms with van der Waals surface area (Å²) >= 11 is 11.9. The zero-order valence-corrected chi connectivity index (χ0v) is 11.5. The fourth-order valence-corrected chi connectivity index (χ4v) is 2.10. The van der Waals surface area contributed by atoms with Gasteiger partial charge in [-0.25, -0.2) is 4.98 Å². The maximum absolute atomic E-state index is 11.0. The van der Waals surface area contributed by atoms with E-state index in [1.165, 1.54) is 0 Å². The Balaban J connectivity index is 2.53. The zero-order chi connectivity index (χ0) is 14.9. The fourth-order valence-electron chi connectivity index (χ4n) is 1.72. The van der Waals surface area contributed by atoms with E-state index in [4.69, 9.17) is 34.7 Å². The molecule has 0 aliphatic carbocycles. The lowest BCUT2D eigenvalue weighted by Gasteiger charge is -2.07. The maximum atomic E-state index is 11.0. The van der Waals surface area contributed by atoms with E-state index in [9.17, 15) is 10.1 Å². The first-order valence-electron chi connectivity index (χ1n) is 5.38. The van der Waals surface area contributed by atoms with Crippen molar-refractivity contribution in [3.8, 4) is 0 Å². The molecule has 0 aliphatic heterocycles. The van der Waals surface area contributed by atoms with Crippen LogP contribution in [0.4, 0.5) is 17.5 Å². The standard InChI is InChI=1S/C11H9Cl2N5O2/c12-6-1-2-7(13)5(3-6)4-8-9(18(19)20)10(14)17-11(15)16-8/h1-3H,4H2,(H4,14,15,16,17). The van der Waals surface area contributed by atoms with Gasteiger partial charge < -0.3 is 11.5 Å². The molecule has 1 heterocycles. The maximum Gasteiger partial charge on any atom is 0.332 e. The minimum atomic E-state index is -0.650. The van der Waals surface area contributed by atoms with Crippen molar-refractivity contribution in [1.29, 1.82) is 0 Å². The Hall–Kier alpha value is -2.12. The Morgan fingerprint density at radius 3 is 2.60 bits per heavy atom. The van der Waals surface area contributed by atoms with E-state index in [0.29, 0.717) is 15.6 Å². The number of benzene rings is 1. The first kappa shape index (κ1) is 14.3. The third kappa shape index (κ3) is 2.89. The average Bonchev–Trinajstić information content (AvgIpc) is 2.32. The van der Waals surface area contributed by atoms with Crippen molar-refractivity contribution in [3.63, 3.8) is 0 Å². The van der Waals surface area contributed by atoms with Gasteiger partial charge >= 0.3 is 5.69 Å². The van der Waals surface area contributed by atoms with Gasteiger partial charge in [-0.3, -0.25) is 10.1 Å². The first-order valence-corrected chi connectivity index (χ1v) is 6.14. The van der Waals surface area contributed by atoms with E-state index in [-0.39, 0.29) is 29.6 Å². The summed E-state index contributed by atoms with van der Waals surface area (Å²) in [6, 6.07) is 4.81. The molecular formula is C11H9Cl2N5O2. The second-order valence-corrected chi connectivity index (χ2v) is 4.78. The largest absolute Gasteiger partial charge is 0.378 e. The van der Waals surface area contributed by atoms with Crippen LogP contribution in [0.2, 0.25) is 10.0 Å². The number of aromatic nitrogens is 2. The Morgan fingerprint density at radius 2 is 1.95 bits per heavy atom. The summed E-state index contributed by atoms with van der Waals surface area (Å²) in [6.07, 6.45) is 0.0760. The van der Waals surface area contributed by atoms with Gasteiger partial charge in [-0.15, -0.1) is 0 Å². The normalized spacial score (nSPS) is 10.5. The highest BCUT2D eigenvalue weighted by Gasteiger charge is 2.23. The predicted molar refractivity (Wildman–Crippen MR) is 76.8 cm³/mol. The molecule has 0 fully saturated rings. The zero-order valence-electron chi connectivity index (χ0n) is 10.0. The molecule has 0 amide bonds. The summed E-state index contributed by atoms with van der Waals surface area (Å²) in [6.45, 7) is 0. The summed E-state index contributed by atoms with van der Waals surface area (Å²) in [5.74, 6) is -0.420. The third-order valence-electron chi connectivity index (χ3n) is 2.55. The van der Waals surface area contributed by atoms with Crippen molar-refractivity contribution < 1.29 is 4.92 Å². The molecule has 0 unspecified atom stereocenters. The number of nitrogens with two attached hydrogens (primary N) is 2. The van der Waals surface area contributed by atoms with Gasteiger partial charge in [0.1, 0.15) is 5.69 Å². The Morgan fingerprint density at radius 1 is 1.25 bits per heavy atom. The molecule has 0 aliphatic rings. The van der Waals surface area contributed by atoms with Crippen LogP contribution in [0.3, 0.4) is 0 Å². The number of nitrogen functional groups attached to an aromatic ring is 2. The molecular weight excluding hydrogens is 305 g/mol. The van der Waals surface area contributed by atoms with Crippen LogP contribution in [0, 0.1) is 10.1 Å². The van der Waals surface area contributed by atoms with Crippen LogP contribution in [0.5, 0.6) is 0 Å². The molecule has 0 saturated carbocycles. The number of nitro groups is 1. The van der Waals surface area contributed by atoms with Gasteiger partial charge in [0, 0.05) is 16.5 Å². The van der Waals surface area contributed by atoms with E-state index in [1.807, 2.05) is 0 Å². The molecule has 2 aromatic rings. The van der Waals surface area contributed by atoms with Gasteiger partial charge in [0.05, 0.1) is 4.92 Å². The molecule has 0 saturated heterocycles. The highest BCUT2D eigenvalue weighted by molar-refractivity contribution is 6.33. The van der Waals surface area contributed by atoms with Crippen molar-refractivity contribution in [1.82, 2.24) is 9.97 Å². The summed E-state index contributed by atoms with van der Waals surface area (Å²) in [7, 11) is 0. The van der Waals surface area contributed by atoms with Crippen LogP contribution in [0.15, 0.2) is 18.2 Å². The fraction of sp³-hybridized carbons (Fsp3) is 0.0909. The van der Waals surface area contributed by atoms with Crippen LogP contribution in [-0.4, -0.2) is 14.9 Å². The van der Waals surface area contributed by atoms with Crippen molar-refractivity contribution in [3.05, 3.63) is 49.6 Å². The monoisotopic (exact) mass is 313 g/mol. The summed E-state index contributed by atoms with van der Waals surface area (Å²) in [5, 5.41) is 11.9. The van der Waals surface area contributed by atoms with Gasteiger partial charge in [0.2, 0.25) is 11.8 Å². The van der Waals surface area contributed by atoms with Gasteiger partial charge in [-0.05, 0) is 23.8 Å². The van der Waals surface area contributed by atoms with Gasteiger partial charge in [-0.1, -0.05) is 23.2 Å². The quantitative estimate of drug-likeness (QED) is 0.663. The molecule has 4 N–H and O–H groups in total. The minimum Gasteiger partial charge on any atom is -0.378 e. The van der Waals surface area contributed by atoms with Gasteiger partial charge in [-0.2, -0.15) is 4.98 Å². The molecule has 0 spiro atoms. The predicted octanol–water partition coefficient (Wildman–Crippen LogP) is 2.45. The van der Waals surface area contributed by atoms with E-state index in [1.54, 1.807) is 18.2 Å². The topological polar surface area (TPSA) is 121 Å². The summed E-state index contributed by atoms with van der Waals surface area (Å²) in [5.41, 5.74) is 11.3.